The van der Waals surface area contributed by atoms with Crippen molar-refractivity contribution >= 4 is 24.0 Å². The molecule has 0 bridgehead atoms. The van der Waals surface area contributed by atoms with Crippen LogP contribution in [0, 0.1) is 0 Å². The molecule has 106 valence electrons. The molecule has 0 unspecified atom stereocenters. The molecule has 1 aromatic rings. The minimum absolute atomic E-state index is 0. The summed E-state index contributed by atoms with van der Waals surface area (Å²) in [5.74, 6) is 1.28. The van der Waals surface area contributed by atoms with Gasteiger partial charge in [0, 0.05) is 24.2 Å². The summed E-state index contributed by atoms with van der Waals surface area (Å²) in [5, 5.41) is 3.84. The van der Waals surface area contributed by atoms with Crippen molar-refractivity contribution in [3.63, 3.8) is 0 Å². The van der Waals surface area contributed by atoms with Gasteiger partial charge in [-0.3, -0.25) is 0 Å². The van der Waals surface area contributed by atoms with Gasteiger partial charge in [0.2, 0.25) is 0 Å². The van der Waals surface area contributed by atoms with Crippen molar-refractivity contribution in [1.29, 1.82) is 0 Å². The lowest BCUT2D eigenvalue weighted by atomic mass is 10.2. The molecule has 0 saturated carbocycles. The standard InChI is InChI=1S/C14H18ClNO2.ClH/c1-4-6-16-10-11-8-13(17-3)14(9-12(11)15)18-7-5-2;/h4-5,8-9,16H,1-2,6-7,10H2,3H3;1H. The first-order valence-corrected chi connectivity index (χ1v) is 6.02. The average Bonchev–Trinajstić information content (AvgIpc) is 2.38. The van der Waals surface area contributed by atoms with Crippen LogP contribution in [-0.4, -0.2) is 20.3 Å². The third-order valence-electron chi connectivity index (χ3n) is 2.29. The van der Waals surface area contributed by atoms with Crippen molar-refractivity contribution in [3.05, 3.63) is 48.0 Å². The van der Waals surface area contributed by atoms with E-state index in [1.165, 1.54) is 0 Å². The van der Waals surface area contributed by atoms with E-state index in [2.05, 4.69) is 18.5 Å². The number of methoxy groups -OCH3 is 1. The molecule has 0 aromatic heterocycles. The molecule has 5 heteroatoms. The molecule has 1 aromatic carbocycles. The Morgan fingerprint density at radius 1 is 1.26 bits per heavy atom. The fraction of sp³-hybridized carbons (Fsp3) is 0.286. The number of rotatable bonds is 8. The fourth-order valence-corrected chi connectivity index (χ4v) is 1.66. The van der Waals surface area contributed by atoms with Gasteiger partial charge < -0.3 is 14.8 Å². The highest BCUT2D eigenvalue weighted by Crippen LogP contribution is 2.33. The molecule has 0 fully saturated rings. The maximum Gasteiger partial charge on any atom is 0.163 e. The molecule has 0 atom stereocenters. The van der Waals surface area contributed by atoms with Crippen LogP contribution in [0.2, 0.25) is 5.02 Å². The number of halogens is 2. The van der Waals surface area contributed by atoms with E-state index < -0.39 is 0 Å². The Bertz CT molecular complexity index is 422. The van der Waals surface area contributed by atoms with Crippen molar-refractivity contribution in [2.45, 2.75) is 6.54 Å². The maximum atomic E-state index is 6.19. The topological polar surface area (TPSA) is 30.5 Å². The van der Waals surface area contributed by atoms with Crippen LogP contribution in [0.3, 0.4) is 0 Å². The van der Waals surface area contributed by atoms with Crippen LogP contribution in [0.4, 0.5) is 0 Å². The molecule has 0 amide bonds. The zero-order valence-electron chi connectivity index (χ0n) is 10.9. The van der Waals surface area contributed by atoms with Crippen molar-refractivity contribution in [2.24, 2.45) is 0 Å². The Balaban J connectivity index is 0.00000324. The van der Waals surface area contributed by atoms with Gasteiger partial charge in [0.05, 0.1) is 7.11 Å². The van der Waals surface area contributed by atoms with Gasteiger partial charge in [-0.2, -0.15) is 0 Å². The van der Waals surface area contributed by atoms with Crippen LogP contribution in [0.1, 0.15) is 5.56 Å². The van der Waals surface area contributed by atoms with E-state index in [0.717, 1.165) is 12.1 Å². The first-order chi connectivity index (χ1) is 8.72. The second-order valence-corrected chi connectivity index (χ2v) is 4.02. The van der Waals surface area contributed by atoms with E-state index in [9.17, 15) is 0 Å². The van der Waals surface area contributed by atoms with Gasteiger partial charge in [0.1, 0.15) is 6.61 Å². The first kappa shape index (κ1) is 17.8. The molecule has 0 aliphatic rings. The molecular formula is C14H19Cl2NO2. The van der Waals surface area contributed by atoms with Crippen LogP contribution in [0.25, 0.3) is 0 Å². The largest absolute Gasteiger partial charge is 0.493 e. The summed E-state index contributed by atoms with van der Waals surface area (Å²) in [4.78, 5) is 0. The number of ether oxygens (including phenoxy) is 2. The SMILES string of the molecule is C=CCNCc1cc(OC)c(OCC=C)cc1Cl.Cl. The van der Waals surface area contributed by atoms with Crippen LogP contribution in [-0.2, 0) is 6.54 Å². The second kappa shape index (κ2) is 9.73. The number of hydrogen-bond acceptors (Lipinski definition) is 3. The molecule has 0 spiro atoms. The number of benzene rings is 1. The molecule has 19 heavy (non-hydrogen) atoms. The Kier molecular flexibility index (Phi) is 9.13. The smallest absolute Gasteiger partial charge is 0.163 e. The third-order valence-corrected chi connectivity index (χ3v) is 2.65. The third kappa shape index (κ3) is 5.55. The molecule has 0 aliphatic heterocycles. The van der Waals surface area contributed by atoms with E-state index in [1.807, 2.05) is 6.07 Å². The van der Waals surface area contributed by atoms with E-state index in [-0.39, 0.29) is 12.4 Å². The van der Waals surface area contributed by atoms with Crippen molar-refractivity contribution in [2.75, 3.05) is 20.3 Å². The van der Waals surface area contributed by atoms with Crippen LogP contribution in [0.5, 0.6) is 11.5 Å². The summed E-state index contributed by atoms with van der Waals surface area (Å²) >= 11 is 6.19. The zero-order chi connectivity index (χ0) is 13.4. The van der Waals surface area contributed by atoms with Crippen molar-refractivity contribution < 1.29 is 9.47 Å². The fourth-order valence-electron chi connectivity index (χ4n) is 1.44. The molecule has 0 heterocycles. The lowest BCUT2D eigenvalue weighted by Crippen LogP contribution is -2.13. The average molecular weight is 304 g/mol. The van der Waals surface area contributed by atoms with E-state index in [4.69, 9.17) is 21.1 Å². The van der Waals surface area contributed by atoms with E-state index in [1.54, 1.807) is 25.3 Å². The molecule has 1 rings (SSSR count). The summed E-state index contributed by atoms with van der Waals surface area (Å²) in [7, 11) is 1.60. The van der Waals surface area contributed by atoms with Crippen molar-refractivity contribution in [1.82, 2.24) is 5.32 Å². The van der Waals surface area contributed by atoms with Gasteiger partial charge >= 0.3 is 0 Å². The van der Waals surface area contributed by atoms with Gasteiger partial charge in [-0.15, -0.1) is 19.0 Å². The molecule has 0 radical (unpaired) electrons. The van der Waals surface area contributed by atoms with Crippen LogP contribution < -0.4 is 14.8 Å². The van der Waals surface area contributed by atoms with Crippen LogP contribution in [0.15, 0.2) is 37.4 Å². The number of hydrogen-bond donors (Lipinski definition) is 1. The molecule has 1 N–H and O–H groups in total. The van der Waals surface area contributed by atoms with E-state index >= 15 is 0 Å². The van der Waals surface area contributed by atoms with Gasteiger partial charge in [-0.05, 0) is 11.6 Å². The minimum atomic E-state index is 0. The predicted molar refractivity (Wildman–Crippen MR) is 82.8 cm³/mol. The van der Waals surface area contributed by atoms with Gasteiger partial charge in [-0.1, -0.05) is 30.3 Å². The monoisotopic (exact) mass is 303 g/mol. The Morgan fingerprint density at radius 2 is 2.00 bits per heavy atom. The van der Waals surface area contributed by atoms with Gasteiger partial charge in [-0.25, -0.2) is 0 Å². The maximum absolute atomic E-state index is 6.19. The summed E-state index contributed by atoms with van der Waals surface area (Å²) < 4.78 is 10.8. The Labute approximate surface area is 125 Å². The highest BCUT2D eigenvalue weighted by molar-refractivity contribution is 6.31. The summed E-state index contributed by atoms with van der Waals surface area (Å²) in [5.41, 5.74) is 0.960. The van der Waals surface area contributed by atoms with Gasteiger partial charge in [0.15, 0.2) is 11.5 Å². The number of nitrogens with one attached hydrogen (secondary N) is 1. The Hall–Kier alpha value is -1.16. The summed E-state index contributed by atoms with van der Waals surface area (Å²) in [6.07, 6.45) is 3.47. The lowest BCUT2D eigenvalue weighted by Gasteiger charge is -2.13. The minimum Gasteiger partial charge on any atom is -0.493 e. The summed E-state index contributed by atoms with van der Waals surface area (Å²) in [6.45, 7) is 9.05. The second-order valence-electron chi connectivity index (χ2n) is 3.61. The quantitative estimate of drug-likeness (QED) is 0.588. The van der Waals surface area contributed by atoms with E-state index in [0.29, 0.717) is 29.7 Å². The first-order valence-electron chi connectivity index (χ1n) is 5.64. The lowest BCUT2D eigenvalue weighted by molar-refractivity contribution is 0.326. The highest BCUT2D eigenvalue weighted by Gasteiger charge is 2.09. The zero-order valence-corrected chi connectivity index (χ0v) is 12.5. The van der Waals surface area contributed by atoms with Crippen LogP contribution >= 0.6 is 24.0 Å². The molecule has 0 aliphatic carbocycles. The van der Waals surface area contributed by atoms with Crippen molar-refractivity contribution in [3.8, 4) is 11.5 Å². The molecular weight excluding hydrogens is 285 g/mol. The van der Waals surface area contributed by atoms with Gasteiger partial charge in [0.25, 0.3) is 0 Å². The summed E-state index contributed by atoms with van der Waals surface area (Å²) in [6, 6.07) is 3.63. The Morgan fingerprint density at radius 3 is 2.58 bits per heavy atom. The predicted octanol–water partition coefficient (Wildman–Crippen LogP) is 3.61. The molecule has 3 nitrogen and oxygen atoms in total. The molecule has 0 saturated heterocycles. The normalized spacial score (nSPS) is 9.37. The highest BCUT2D eigenvalue weighted by atomic mass is 35.5.